The van der Waals surface area contributed by atoms with Crippen LogP contribution in [0.1, 0.15) is 31.4 Å². The largest absolute Gasteiger partial charge is 0.366 e. The van der Waals surface area contributed by atoms with Crippen molar-refractivity contribution in [2.24, 2.45) is 11.5 Å². The lowest BCUT2D eigenvalue weighted by Gasteiger charge is -2.36. The lowest BCUT2D eigenvalue weighted by Crippen LogP contribution is -2.53. The van der Waals surface area contributed by atoms with Crippen LogP contribution in [0.5, 0.6) is 0 Å². The van der Waals surface area contributed by atoms with Gasteiger partial charge in [0.05, 0.1) is 6.04 Å². The number of amides is 2. The second-order valence-corrected chi connectivity index (χ2v) is 6.65. The van der Waals surface area contributed by atoms with E-state index >= 15 is 0 Å². The molecule has 0 radical (unpaired) electrons. The molecule has 4 N–H and O–H groups in total. The highest BCUT2D eigenvalue weighted by atomic mass is 16.2. The third-order valence-corrected chi connectivity index (χ3v) is 4.52. The summed E-state index contributed by atoms with van der Waals surface area (Å²) in [5, 5.41) is 0. The molecular weight excluding hydrogens is 330 g/mol. The Morgan fingerprint density at radius 1 is 1.23 bits per heavy atom. The van der Waals surface area contributed by atoms with Gasteiger partial charge in [-0.1, -0.05) is 18.6 Å². The third kappa shape index (κ3) is 6.15. The molecule has 2 rings (SSSR count). The summed E-state index contributed by atoms with van der Waals surface area (Å²) in [4.78, 5) is 31.7. The van der Waals surface area contributed by atoms with Crippen LogP contribution in [0.2, 0.25) is 0 Å². The molecule has 0 spiro atoms. The van der Waals surface area contributed by atoms with Crippen LogP contribution >= 0.6 is 0 Å². The number of hydrogen-bond donors (Lipinski definition) is 2. The van der Waals surface area contributed by atoms with Crippen LogP contribution in [-0.2, 0) is 9.59 Å². The topological polar surface area (TPSA) is 106 Å². The number of allylic oxidation sites excluding steroid dienone is 1. The van der Waals surface area contributed by atoms with E-state index in [1.165, 1.54) is 6.08 Å². The number of piperazine rings is 1. The van der Waals surface area contributed by atoms with Gasteiger partial charge < -0.3 is 21.3 Å². The lowest BCUT2D eigenvalue weighted by atomic mass is 10.1. The number of primary amides is 1. The van der Waals surface area contributed by atoms with Crippen molar-refractivity contribution >= 4 is 17.6 Å². The highest BCUT2D eigenvalue weighted by molar-refractivity contribution is 5.85. The zero-order valence-electron chi connectivity index (χ0n) is 15.4. The average molecular weight is 359 g/mol. The molecule has 1 aromatic rings. The number of unbranched alkanes of at least 4 members (excludes halogenated alkanes) is 2. The van der Waals surface area contributed by atoms with E-state index in [9.17, 15) is 9.59 Å². The smallest absolute Gasteiger partial charge is 0.241 e. The molecule has 7 nitrogen and oxygen atoms in total. The van der Waals surface area contributed by atoms with Crippen LogP contribution in [-0.4, -0.2) is 53.9 Å². The van der Waals surface area contributed by atoms with E-state index in [4.69, 9.17) is 11.5 Å². The Morgan fingerprint density at radius 3 is 2.62 bits per heavy atom. The Balaban J connectivity index is 1.71. The molecule has 0 aliphatic carbocycles. The maximum absolute atomic E-state index is 12.5. The quantitative estimate of drug-likeness (QED) is 0.531. The second-order valence-electron chi connectivity index (χ2n) is 6.65. The summed E-state index contributed by atoms with van der Waals surface area (Å²) in [5.74, 6) is 0.553. The monoisotopic (exact) mass is 359 g/mol. The fraction of sp³-hybridized carbons (Fsp3) is 0.526. The summed E-state index contributed by atoms with van der Waals surface area (Å²) in [5.41, 5.74) is 12.1. The summed E-state index contributed by atoms with van der Waals surface area (Å²) in [7, 11) is 0. The average Bonchev–Trinajstić information content (AvgIpc) is 2.63. The number of hydrogen-bond acceptors (Lipinski definition) is 5. The normalized spacial score (nSPS) is 16.1. The molecule has 0 bridgehead atoms. The van der Waals surface area contributed by atoms with Gasteiger partial charge in [-0.2, -0.15) is 0 Å². The van der Waals surface area contributed by atoms with Crippen molar-refractivity contribution in [2.75, 3.05) is 31.1 Å². The van der Waals surface area contributed by atoms with Crippen LogP contribution in [0.3, 0.4) is 0 Å². The molecule has 2 heterocycles. The van der Waals surface area contributed by atoms with Gasteiger partial charge in [-0.05, 0) is 44.4 Å². The van der Waals surface area contributed by atoms with Crippen molar-refractivity contribution in [3.8, 4) is 0 Å². The molecule has 2 amide bonds. The Morgan fingerprint density at radius 2 is 1.96 bits per heavy atom. The Kier molecular flexibility index (Phi) is 7.59. The van der Waals surface area contributed by atoms with Gasteiger partial charge in [0.25, 0.3) is 0 Å². The molecule has 1 aliphatic rings. The first-order valence-electron chi connectivity index (χ1n) is 9.16. The number of carbonyl (C=O) groups excluding carboxylic acids is 2. The van der Waals surface area contributed by atoms with Crippen molar-refractivity contribution in [1.29, 1.82) is 0 Å². The van der Waals surface area contributed by atoms with Crippen LogP contribution in [0.25, 0.3) is 0 Å². The number of nitrogens with zero attached hydrogens (tertiary/aromatic N) is 3. The van der Waals surface area contributed by atoms with E-state index < -0.39 is 11.9 Å². The fourth-order valence-corrected chi connectivity index (χ4v) is 3.04. The number of nitrogens with two attached hydrogens (primary N) is 2. The zero-order chi connectivity index (χ0) is 18.9. The van der Waals surface area contributed by atoms with E-state index in [0.29, 0.717) is 19.5 Å². The molecule has 1 atom stereocenters. The number of aromatic nitrogens is 1. The lowest BCUT2D eigenvalue weighted by molar-refractivity contribution is -0.133. The van der Waals surface area contributed by atoms with Crippen LogP contribution in [0, 0.1) is 6.92 Å². The first-order chi connectivity index (χ1) is 12.5. The van der Waals surface area contributed by atoms with Gasteiger partial charge in [0.1, 0.15) is 5.82 Å². The summed E-state index contributed by atoms with van der Waals surface area (Å²) in [6.45, 7) is 4.86. The van der Waals surface area contributed by atoms with Gasteiger partial charge in [0, 0.05) is 31.9 Å². The van der Waals surface area contributed by atoms with Gasteiger partial charge in [-0.15, -0.1) is 0 Å². The van der Waals surface area contributed by atoms with Crippen molar-refractivity contribution < 1.29 is 9.59 Å². The van der Waals surface area contributed by atoms with Crippen LogP contribution in [0.15, 0.2) is 30.4 Å². The Bertz CT molecular complexity index is 639. The number of anilines is 1. The first-order valence-corrected chi connectivity index (χ1v) is 9.16. The van der Waals surface area contributed by atoms with Crippen molar-refractivity contribution in [3.05, 3.63) is 36.0 Å². The maximum atomic E-state index is 12.5. The zero-order valence-corrected chi connectivity index (χ0v) is 15.4. The van der Waals surface area contributed by atoms with Crippen molar-refractivity contribution in [2.45, 2.75) is 38.6 Å². The Hall–Kier alpha value is -2.41. The van der Waals surface area contributed by atoms with E-state index in [2.05, 4.69) is 9.88 Å². The van der Waals surface area contributed by atoms with E-state index in [0.717, 1.165) is 43.9 Å². The SMILES string of the molecule is Cc1cccc(N2CCN(C(=O)[C@@H](N)CCCCC=CC(N)=O)CC2)n1. The Labute approximate surface area is 155 Å². The predicted molar refractivity (Wildman–Crippen MR) is 103 cm³/mol. The number of aryl methyl sites for hydroxylation is 1. The molecule has 1 aliphatic heterocycles. The first kappa shape index (κ1) is 19.9. The van der Waals surface area contributed by atoms with Gasteiger partial charge >= 0.3 is 0 Å². The molecular formula is C19H29N5O2. The molecule has 1 fully saturated rings. The van der Waals surface area contributed by atoms with Crippen molar-refractivity contribution in [3.63, 3.8) is 0 Å². The van der Waals surface area contributed by atoms with E-state index in [1.54, 1.807) is 6.08 Å². The third-order valence-electron chi connectivity index (χ3n) is 4.52. The van der Waals surface area contributed by atoms with Gasteiger partial charge in [-0.3, -0.25) is 9.59 Å². The molecule has 142 valence electrons. The minimum atomic E-state index is -0.459. The van der Waals surface area contributed by atoms with Crippen LogP contribution < -0.4 is 16.4 Å². The van der Waals surface area contributed by atoms with Gasteiger partial charge in [0.15, 0.2) is 0 Å². The summed E-state index contributed by atoms with van der Waals surface area (Å²) in [6, 6.07) is 5.53. The molecule has 1 saturated heterocycles. The number of rotatable bonds is 8. The second kappa shape index (κ2) is 9.91. The molecule has 0 aromatic carbocycles. The summed E-state index contributed by atoms with van der Waals surface area (Å²) >= 11 is 0. The number of pyridine rings is 1. The van der Waals surface area contributed by atoms with Crippen LogP contribution in [0.4, 0.5) is 5.82 Å². The van der Waals surface area contributed by atoms with Gasteiger partial charge in [-0.25, -0.2) is 4.98 Å². The maximum Gasteiger partial charge on any atom is 0.241 e. The standard InChI is InChI=1S/C19H29N5O2/c1-15-7-6-10-18(22-15)23-11-13-24(14-12-23)19(26)16(20)8-4-2-3-5-9-17(21)25/h5-7,9-10,16H,2-4,8,11-14,20H2,1H3,(H2,21,25)/t16-/m0/s1. The molecule has 0 unspecified atom stereocenters. The highest BCUT2D eigenvalue weighted by Crippen LogP contribution is 2.15. The van der Waals surface area contributed by atoms with Gasteiger partial charge in [0.2, 0.25) is 11.8 Å². The summed E-state index contributed by atoms with van der Waals surface area (Å²) < 4.78 is 0. The highest BCUT2D eigenvalue weighted by Gasteiger charge is 2.25. The van der Waals surface area contributed by atoms with E-state index in [-0.39, 0.29) is 5.91 Å². The predicted octanol–water partition coefficient (Wildman–Crippen LogP) is 0.968. The molecule has 7 heteroatoms. The summed E-state index contributed by atoms with van der Waals surface area (Å²) in [6.07, 6.45) is 6.29. The minimum absolute atomic E-state index is 0.0227. The number of carbonyl (C=O) groups is 2. The molecule has 0 saturated carbocycles. The van der Waals surface area contributed by atoms with Crippen molar-refractivity contribution in [1.82, 2.24) is 9.88 Å². The fourth-order valence-electron chi connectivity index (χ4n) is 3.04. The minimum Gasteiger partial charge on any atom is -0.366 e. The molecule has 1 aromatic heterocycles. The van der Waals surface area contributed by atoms with E-state index in [1.807, 2.05) is 30.0 Å². The molecule has 26 heavy (non-hydrogen) atoms.